The van der Waals surface area contributed by atoms with Gasteiger partial charge in [-0.3, -0.25) is 0 Å². The van der Waals surface area contributed by atoms with Crippen molar-refractivity contribution in [3.05, 3.63) is 0 Å². The van der Waals surface area contributed by atoms with Crippen molar-refractivity contribution < 1.29 is 8.42 Å². The molecule has 0 aliphatic carbocycles. The van der Waals surface area contributed by atoms with Gasteiger partial charge < -0.3 is 5.32 Å². The molecule has 0 aromatic rings. The molecule has 1 aliphatic rings. The Morgan fingerprint density at radius 3 is 2.86 bits per heavy atom. The lowest BCUT2D eigenvalue weighted by atomic mass is 10.2. The van der Waals surface area contributed by atoms with Crippen molar-refractivity contribution in [2.45, 2.75) is 31.4 Å². The Hall–Kier alpha value is -0.530. The maximum absolute atomic E-state index is 11.4. The molecule has 0 bridgehead atoms. The van der Waals surface area contributed by atoms with Gasteiger partial charge in [0.25, 0.3) is 0 Å². The van der Waals surface area contributed by atoms with Crippen LogP contribution in [0.25, 0.3) is 0 Å². The second-order valence-electron chi connectivity index (χ2n) is 3.51. The van der Waals surface area contributed by atoms with Gasteiger partial charge in [-0.25, -0.2) is 8.42 Å². The molecular weight excluding hydrogens is 198 g/mol. The standard InChI is InChI=1S/C10H17NO2S/c1-2-3-4-7-11-9-10-6-5-8-14(10,12)13/h10-11H,4-9H2,1H3. The van der Waals surface area contributed by atoms with Crippen LogP contribution in [0.5, 0.6) is 0 Å². The van der Waals surface area contributed by atoms with E-state index in [4.69, 9.17) is 0 Å². The summed E-state index contributed by atoms with van der Waals surface area (Å²) >= 11 is 0. The topological polar surface area (TPSA) is 46.2 Å². The minimum atomic E-state index is -2.78. The molecule has 3 nitrogen and oxygen atoms in total. The molecule has 1 N–H and O–H groups in total. The van der Waals surface area contributed by atoms with Crippen LogP contribution in [0.4, 0.5) is 0 Å². The van der Waals surface area contributed by atoms with Crippen molar-refractivity contribution in [2.24, 2.45) is 0 Å². The third-order valence-corrected chi connectivity index (χ3v) is 4.71. The first-order valence-corrected chi connectivity index (χ1v) is 6.70. The molecule has 0 spiro atoms. The molecule has 1 fully saturated rings. The zero-order valence-corrected chi connectivity index (χ0v) is 9.36. The largest absolute Gasteiger partial charge is 0.314 e. The number of rotatable bonds is 4. The smallest absolute Gasteiger partial charge is 0.154 e. The summed E-state index contributed by atoms with van der Waals surface area (Å²) in [5, 5.41) is 2.98. The normalized spacial score (nSPS) is 24.2. The van der Waals surface area contributed by atoms with Crippen LogP contribution in [0.1, 0.15) is 26.2 Å². The number of hydrogen-bond donors (Lipinski definition) is 1. The fraction of sp³-hybridized carbons (Fsp3) is 0.800. The molecule has 1 atom stereocenters. The highest BCUT2D eigenvalue weighted by atomic mass is 32.2. The molecule has 1 heterocycles. The van der Waals surface area contributed by atoms with Crippen molar-refractivity contribution in [3.8, 4) is 11.8 Å². The molecule has 1 saturated heterocycles. The SMILES string of the molecule is CC#CCCNCC1CCCS1(=O)=O. The summed E-state index contributed by atoms with van der Waals surface area (Å²) in [4.78, 5) is 0. The van der Waals surface area contributed by atoms with Crippen LogP contribution in [-0.2, 0) is 9.84 Å². The van der Waals surface area contributed by atoms with Gasteiger partial charge in [0.15, 0.2) is 9.84 Å². The van der Waals surface area contributed by atoms with Crippen LogP contribution in [0, 0.1) is 11.8 Å². The molecule has 1 aliphatic heterocycles. The molecule has 0 amide bonds. The highest BCUT2D eigenvalue weighted by Gasteiger charge is 2.30. The monoisotopic (exact) mass is 215 g/mol. The highest BCUT2D eigenvalue weighted by Crippen LogP contribution is 2.18. The van der Waals surface area contributed by atoms with E-state index in [1.165, 1.54) is 0 Å². The maximum atomic E-state index is 11.4. The summed E-state index contributed by atoms with van der Waals surface area (Å²) in [6.45, 7) is 3.18. The van der Waals surface area contributed by atoms with Crippen LogP contribution in [0.3, 0.4) is 0 Å². The molecule has 0 aromatic heterocycles. The van der Waals surface area contributed by atoms with E-state index in [1.807, 2.05) is 0 Å². The van der Waals surface area contributed by atoms with Gasteiger partial charge in [-0.2, -0.15) is 0 Å². The Morgan fingerprint density at radius 2 is 2.29 bits per heavy atom. The van der Waals surface area contributed by atoms with Gasteiger partial charge in [0, 0.05) is 19.5 Å². The Labute approximate surface area is 86.2 Å². The zero-order chi connectivity index (χ0) is 10.4. The van der Waals surface area contributed by atoms with Crippen LogP contribution >= 0.6 is 0 Å². The summed E-state index contributed by atoms with van der Waals surface area (Å²) < 4.78 is 22.8. The van der Waals surface area contributed by atoms with Gasteiger partial charge in [-0.1, -0.05) is 0 Å². The van der Waals surface area contributed by atoms with Gasteiger partial charge in [0.2, 0.25) is 0 Å². The highest BCUT2D eigenvalue weighted by molar-refractivity contribution is 7.92. The molecule has 0 radical (unpaired) electrons. The summed E-state index contributed by atoms with van der Waals surface area (Å²) in [5.41, 5.74) is 0. The summed E-state index contributed by atoms with van der Waals surface area (Å²) in [5.74, 6) is 6.11. The zero-order valence-electron chi connectivity index (χ0n) is 8.54. The lowest BCUT2D eigenvalue weighted by Crippen LogP contribution is -2.30. The number of nitrogens with one attached hydrogen (secondary N) is 1. The van der Waals surface area contributed by atoms with E-state index in [1.54, 1.807) is 6.92 Å². The third kappa shape index (κ3) is 3.32. The maximum Gasteiger partial charge on any atom is 0.154 e. The third-order valence-electron chi connectivity index (χ3n) is 2.44. The second-order valence-corrected chi connectivity index (χ2v) is 5.91. The van der Waals surface area contributed by atoms with Gasteiger partial charge in [-0.05, 0) is 19.8 Å². The average molecular weight is 215 g/mol. The molecule has 80 valence electrons. The minimum Gasteiger partial charge on any atom is -0.314 e. The van der Waals surface area contributed by atoms with Gasteiger partial charge >= 0.3 is 0 Å². The molecule has 4 heteroatoms. The Morgan fingerprint density at radius 1 is 1.50 bits per heavy atom. The molecule has 0 aromatic carbocycles. The predicted octanol–water partition coefficient (Wildman–Crippen LogP) is 0.567. The Bertz CT molecular complexity index is 324. The Balaban J connectivity index is 2.21. The average Bonchev–Trinajstić information content (AvgIpc) is 2.45. The van der Waals surface area contributed by atoms with E-state index in [9.17, 15) is 8.42 Å². The second kappa shape index (κ2) is 5.38. The molecule has 14 heavy (non-hydrogen) atoms. The van der Waals surface area contributed by atoms with E-state index in [2.05, 4.69) is 17.2 Å². The van der Waals surface area contributed by atoms with Crippen LogP contribution < -0.4 is 5.32 Å². The fourth-order valence-electron chi connectivity index (χ4n) is 1.63. The van der Waals surface area contributed by atoms with Crippen molar-refractivity contribution >= 4 is 9.84 Å². The van der Waals surface area contributed by atoms with E-state index in [-0.39, 0.29) is 5.25 Å². The minimum absolute atomic E-state index is 0.155. The van der Waals surface area contributed by atoms with Crippen molar-refractivity contribution in [1.82, 2.24) is 5.32 Å². The first-order chi connectivity index (χ1) is 6.67. The number of sulfone groups is 1. The first-order valence-electron chi connectivity index (χ1n) is 4.98. The van der Waals surface area contributed by atoms with E-state index in [0.717, 1.165) is 25.8 Å². The fourth-order valence-corrected chi connectivity index (χ4v) is 3.43. The van der Waals surface area contributed by atoms with Crippen molar-refractivity contribution in [2.75, 3.05) is 18.8 Å². The summed E-state index contributed by atoms with van der Waals surface area (Å²) in [6, 6.07) is 0. The Kier molecular flexibility index (Phi) is 4.43. The van der Waals surface area contributed by atoms with Crippen molar-refractivity contribution in [1.29, 1.82) is 0 Å². The van der Waals surface area contributed by atoms with Gasteiger partial charge in [0.1, 0.15) is 0 Å². The lowest BCUT2D eigenvalue weighted by Gasteiger charge is -2.09. The van der Waals surface area contributed by atoms with Crippen molar-refractivity contribution in [3.63, 3.8) is 0 Å². The summed E-state index contributed by atoms with van der Waals surface area (Å²) in [7, 11) is -2.78. The van der Waals surface area contributed by atoms with E-state index in [0.29, 0.717) is 12.3 Å². The molecule has 1 rings (SSSR count). The predicted molar refractivity (Wildman–Crippen MR) is 57.7 cm³/mol. The van der Waals surface area contributed by atoms with Gasteiger partial charge in [0.05, 0.1) is 11.0 Å². The van der Waals surface area contributed by atoms with E-state index < -0.39 is 9.84 Å². The molecule has 1 unspecified atom stereocenters. The summed E-state index contributed by atoms with van der Waals surface area (Å²) in [6.07, 6.45) is 2.43. The number of hydrogen-bond acceptors (Lipinski definition) is 3. The van der Waals surface area contributed by atoms with Gasteiger partial charge in [-0.15, -0.1) is 11.8 Å². The van der Waals surface area contributed by atoms with Crippen LogP contribution in [-0.4, -0.2) is 32.5 Å². The quantitative estimate of drug-likeness (QED) is 0.551. The van der Waals surface area contributed by atoms with Crippen LogP contribution in [0.2, 0.25) is 0 Å². The van der Waals surface area contributed by atoms with E-state index >= 15 is 0 Å². The molecular formula is C10H17NO2S. The molecule has 0 saturated carbocycles. The van der Waals surface area contributed by atoms with Crippen LogP contribution in [0.15, 0.2) is 0 Å². The first kappa shape index (κ1) is 11.5. The lowest BCUT2D eigenvalue weighted by molar-refractivity contribution is 0.576.